The van der Waals surface area contributed by atoms with Gasteiger partial charge >= 0.3 is 6.03 Å². The van der Waals surface area contributed by atoms with E-state index < -0.39 is 5.82 Å². The number of nitriles is 1. The smallest absolute Gasteiger partial charge is 0.321 e. The number of hydrogen-bond acceptors (Lipinski definition) is 4. The summed E-state index contributed by atoms with van der Waals surface area (Å²) in [6.07, 6.45) is 1.03. The number of nitrogens with one attached hydrogen (secondary N) is 2. The van der Waals surface area contributed by atoms with Crippen molar-refractivity contribution in [2.24, 2.45) is 5.92 Å². The molecule has 8 heteroatoms. The van der Waals surface area contributed by atoms with Gasteiger partial charge in [-0.05, 0) is 43.2 Å². The topological polar surface area (TPSA) is 94.5 Å². The standard InChI is InChI=1S/C21H21FN4O3/c1-29-19-5-3-2-4-18(19)24-20(27)14-8-10-26(11-9-14)21(28)25-17-7-6-16(22)12-15(17)13-23/h2-7,12,14H,8-11H2,1H3,(H,24,27)(H,25,28). The zero-order valence-electron chi connectivity index (χ0n) is 15.9. The van der Waals surface area contributed by atoms with Crippen LogP contribution >= 0.6 is 0 Å². The number of likely N-dealkylation sites (tertiary alicyclic amines) is 1. The van der Waals surface area contributed by atoms with Gasteiger partial charge in [-0.15, -0.1) is 0 Å². The minimum absolute atomic E-state index is 0.0597. The van der Waals surface area contributed by atoms with Gasteiger partial charge in [0, 0.05) is 19.0 Å². The fourth-order valence-electron chi connectivity index (χ4n) is 3.24. The monoisotopic (exact) mass is 396 g/mol. The van der Waals surface area contributed by atoms with Crippen molar-refractivity contribution in [3.05, 3.63) is 53.8 Å². The molecule has 2 aromatic carbocycles. The Kier molecular flexibility index (Phi) is 6.29. The van der Waals surface area contributed by atoms with Crippen molar-refractivity contribution in [1.29, 1.82) is 5.26 Å². The van der Waals surface area contributed by atoms with Crippen LogP contribution in [-0.2, 0) is 4.79 Å². The van der Waals surface area contributed by atoms with E-state index in [0.29, 0.717) is 37.4 Å². The molecule has 2 N–H and O–H groups in total. The number of methoxy groups -OCH3 is 1. The highest BCUT2D eigenvalue weighted by molar-refractivity contribution is 5.94. The highest BCUT2D eigenvalue weighted by Crippen LogP contribution is 2.26. The molecule has 1 heterocycles. The predicted molar refractivity (Wildman–Crippen MR) is 106 cm³/mol. The van der Waals surface area contributed by atoms with E-state index in [-0.39, 0.29) is 29.1 Å². The Morgan fingerprint density at radius 2 is 1.86 bits per heavy atom. The number of rotatable bonds is 4. The number of nitrogens with zero attached hydrogens (tertiary/aromatic N) is 2. The van der Waals surface area contributed by atoms with Crippen molar-refractivity contribution in [3.63, 3.8) is 0 Å². The molecule has 0 radical (unpaired) electrons. The van der Waals surface area contributed by atoms with E-state index >= 15 is 0 Å². The van der Waals surface area contributed by atoms with Gasteiger partial charge in [-0.25, -0.2) is 9.18 Å². The molecule has 0 saturated carbocycles. The molecule has 1 saturated heterocycles. The summed E-state index contributed by atoms with van der Waals surface area (Å²) in [5, 5.41) is 14.6. The fourth-order valence-corrected chi connectivity index (χ4v) is 3.24. The van der Waals surface area contributed by atoms with Crippen molar-refractivity contribution >= 4 is 23.3 Å². The van der Waals surface area contributed by atoms with E-state index in [4.69, 9.17) is 10.00 Å². The first-order valence-corrected chi connectivity index (χ1v) is 9.21. The lowest BCUT2D eigenvalue weighted by Crippen LogP contribution is -2.43. The lowest BCUT2D eigenvalue weighted by Gasteiger charge is -2.31. The highest BCUT2D eigenvalue weighted by Gasteiger charge is 2.28. The number of anilines is 2. The van der Waals surface area contributed by atoms with E-state index in [9.17, 15) is 14.0 Å². The van der Waals surface area contributed by atoms with Crippen LogP contribution in [0.5, 0.6) is 5.75 Å². The first kappa shape index (κ1) is 20.1. The number of urea groups is 1. The Labute approximate surface area is 168 Å². The maximum Gasteiger partial charge on any atom is 0.321 e. The quantitative estimate of drug-likeness (QED) is 0.826. The van der Waals surface area contributed by atoms with Gasteiger partial charge in [-0.2, -0.15) is 5.26 Å². The molecule has 3 rings (SSSR count). The Balaban J connectivity index is 1.55. The van der Waals surface area contributed by atoms with Crippen LogP contribution in [0.4, 0.5) is 20.6 Å². The van der Waals surface area contributed by atoms with Crippen LogP contribution in [0.2, 0.25) is 0 Å². The SMILES string of the molecule is COc1ccccc1NC(=O)C1CCN(C(=O)Nc2ccc(F)cc2C#N)CC1. The first-order chi connectivity index (χ1) is 14.0. The summed E-state index contributed by atoms with van der Waals surface area (Å²) in [5.74, 6) is -0.281. The lowest BCUT2D eigenvalue weighted by molar-refractivity contribution is -0.121. The maximum atomic E-state index is 13.2. The van der Waals surface area contributed by atoms with E-state index in [0.717, 1.165) is 6.07 Å². The lowest BCUT2D eigenvalue weighted by atomic mass is 9.96. The number of halogens is 1. The average molecular weight is 396 g/mol. The van der Waals surface area contributed by atoms with Gasteiger partial charge < -0.3 is 20.3 Å². The second-order valence-electron chi connectivity index (χ2n) is 6.68. The molecule has 3 amide bonds. The Morgan fingerprint density at radius 1 is 1.14 bits per heavy atom. The first-order valence-electron chi connectivity index (χ1n) is 9.21. The van der Waals surface area contributed by atoms with Gasteiger partial charge in [0.25, 0.3) is 0 Å². The summed E-state index contributed by atoms with van der Waals surface area (Å²) in [6, 6.07) is 12.3. The molecular weight excluding hydrogens is 375 g/mol. The number of hydrogen-bond donors (Lipinski definition) is 2. The number of para-hydroxylation sites is 2. The molecule has 7 nitrogen and oxygen atoms in total. The van der Waals surface area contributed by atoms with Crippen LogP contribution in [0.3, 0.4) is 0 Å². The van der Waals surface area contributed by atoms with Crippen LogP contribution < -0.4 is 15.4 Å². The van der Waals surface area contributed by atoms with Crippen molar-refractivity contribution in [1.82, 2.24) is 4.90 Å². The fraction of sp³-hybridized carbons (Fsp3) is 0.286. The number of carbonyl (C=O) groups is 2. The molecule has 0 aromatic heterocycles. The molecule has 150 valence electrons. The average Bonchev–Trinajstić information content (AvgIpc) is 2.75. The van der Waals surface area contributed by atoms with Crippen molar-refractivity contribution in [2.75, 3.05) is 30.8 Å². The molecule has 2 aromatic rings. The molecule has 29 heavy (non-hydrogen) atoms. The summed E-state index contributed by atoms with van der Waals surface area (Å²) < 4.78 is 18.5. The molecule has 1 fully saturated rings. The minimum Gasteiger partial charge on any atom is -0.495 e. The van der Waals surface area contributed by atoms with Gasteiger partial charge in [0.1, 0.15) is 17.6 Å². The van der Waals surface area contributed by atoms with Crippen molar-refractivity contribution in [2.45, 2.75) is 12.8 Å². The van der Waals surface area contributed by atoms with Crippen LogP contribution in [-0.4, -0.2) is 37.0 Å². The van der Waals surface area contributed by atoms with Gasteiger partial charge in [0.2, 0.25) is 5.91 Å². The number of benzene rings is 2. The molecule has 1 aliphatic rings. The number of piperidine rings is 1. The van der Waals surface area contributed by atoms with E-state index in [2.05, 4.69) is 10.6 Å². The van der Waals surface area contributed by atoms with E-state index in [1.165, 1.54) is 12.1 Å². The second kappa shape index (κ2) is 9.06. The van der Waals surface area contributed by atoms with Crippen LogP contribution in [0.15, 0.2) is 42.5 Å². The van der Waals surface area contributed by atoms with Gasteiger partial charge in [-0.3, -0.25) is 4.79 Å². The largest absolute Gasteiger partial charge is 0.495 e. The van der Waals surface area contributed by atoms with Gasteiger partial charge in [0.15, 0.2) is 0 Å². The number of carbonyl (C=O) groups excluding carboxylic acids is 2. The van der Waals surface area contributed by atoms with E-state index in [1.807, 2.05) is 18.2 Å². The summed E-state index contributed by atoms with van der Waals surface area (Å²) in [6.45, 7) is 0.803. The van der Waals surface area contributed by atoms with E-state index in [1.54, 1.807) is 24.1 Å². The number of ether oxygens (including phenoxy) is 1. The van der Waals surface area contributed by atoms with Crippen molar-refractivity contribution in [3.8, 4) is 11.8 Å². The Bertz CT molecular complexity index is 949. The summed E-state index contributed by atoms with van der Waals surface area (Å²) >= 11 is 0. The summed E-state index contributed by atoms with van der Waals surface area (Å²) in [4.78, 5) is 26.6. The predicted octanol–water partition coefficient (Wildman–Crippen LogP) is 3.59. The molecule has 0 bridgehead atoms. The van der Waals surface area contributed by atoms with Crippen molar-refractivity contribution < 1.29 is 18.7 Å². The highest BCUT2D eigenvalue weighted by atomic mass is 19.1. The zero-order valence-corrected chi connectivity index (χ0v) is 15.9. The molecule has 1 aliphatic heterocycles. The minimum atomic E-state index is -0.540. The molecule has 0 spiro atoms. The molecule has 0 atom stereocenters. The number of amides is 3. The summed E-state index contributed by atoms with van der Waals surface area (Å²) in [7, 11) is 1.54. The molecular formula is C21H21FN4O3. The zero-order chi connectivity index (χ0) is 20.8. The van der Waals surface area contributed by atoms with Gasteiger partial charge in [-0.1, -0.05) is 12.1 Å². The maximum absolute atomic E-state index is 13.2. The third-order valence-electron chi connectivity index (χ3n) is 4.86. The third kappa shape index (κ3) is 4.82. The Morgan fingerprint density at radius 3 is 2.55 bits per heavy atom. The van der Waals surface area contributed by atoms with Crippen LogP contribution in [0, 0.1) is 23.1 Å². The molecule has 0 unspecified atom stereocenters. The second-order valence-corrected chi connectivity index (χ2v) is 6.68. The summed E-state index contributed by atoms with van der Waals surface area (Å²) in [5.41, 5.74) is 0.930. The normalized spacial score (nSPS) is 14.0. The third-order valence-corrected chi connectivity index (χ3v) is 4.86. The van der Waals surface area contributed by atoms with Gasteiger partial charge in [0.05, 0.1) is 24.0 Å². The Hall–Kier alpha value is -3.60. The molecule has 0 aliphatic carbocycles. The van der Waals surface area contributed by atoms with Crippen LogP contribution in [0.25, 0.3) is 0 Å². The van der Waals surface area contributed by atoms with Crippen LogP contribution in [0.1, 0.15) is 18.4 Å².